The van der Waals surface area contributed by atoms with Gasteiger partial charge in [-0.3, -0.25) is 0 Å². The Kier molecular flexibility index (Phi) is 9.47. The zero-order valence-electron chi connectivity index (χ0n) is 25.5. The van der Waals surface area contributed by atoms with Gasteiger partial charge in [0.15, 0.2) is 0 Å². The predicted molar refractivity (Wildman–Crippen MR) is 164 cm³/mol. The topological polar surface area (TPSA) is 61.3 Å². The van der Waals surface area contributed by atoms with Crippen molar-refractivity contribution in [1.82, 2.24) is 0 Å². The molecule has 9 unspecified atom stereocenters. The maximum Gasteiger partial charge on any atom is 0.142 e. The first-order chi connectivity index (χ1) is 18.2. The average molecular weight is 523 g/mol. The maximum atomic E-state index is 6.42. The van der Waals surface area contributed by atoms with Crippen LogP contribution in [-0.4, -0.2) is 6.10 Å². The van der Waals surface area contributed by atoms with Crippen molar-refractivity contribution in [3.63, 3.8) is 0 Å². The van der Waals surface area contributed by atoms with Crippen LogP contribution in [0.5, 0.6) is 5.75 Å². The summed E-state index contributed by atoms with van der Waals surface area (Å²) in [5.41, 5.74) is 14.4. The third-order valence-electron chi connectivity index (χ3n) is 11.5. The molecule has 214 valence electrons. The average Bonchev–Trinajstić information content (AvgIpc) is 3.24. The van der Waals surface area contributed by atoms with Crippen molar-refractivity contribution in [3.05, 3.63) is 30.4 Å². The molecule has 3 nitrogen and oxygen atoms in total. The van der Waals surface area contributed by atoms with Gasteiger partial charge in [0.25, 0.3) is 0 Å². The van der Waals surface area contributed by atoms with Gasteiger partial charge in [-0.1, -0.05) is 85.8 Å². The number of unbranched alkanes of at least 4 members (excludes halogenated alkanes) is 2. The minimum atomic E-state index is 0.244. The lowest BCUT2D eigenvalue weighted by Crippen LogP contribution is -2.52. The highest BCUT2D eigenvalue weighted by molar-refractivity contribution is 5.60. The molecule has 0 radical (unpaired) electrons. The molecule has 4 aliphatic carbocycles. The SMILES string of the molecule is CCC.CCCCCC(C)C1CCC2C3C=CC4CC(Oc5ccc(N)cc5N)CCC4(C)C3CCC12C. The molecule has 0 spiro atoms. The molecule has 1 aromatic rings. The van der Waals surface area contributed by atoms with Crippen LogP contribution in [0.2, 0.25) is 0 Å². The lowest BCUT2D eigenvalue weighted by Gasteiger charge is -2.59. The molecule has 0 heterocycles. The molecule has 9 atom stereocenters. The van der Waals surface area contributed by atoms with E-state index < -0.39 is 0 Å². The van der Waals surface area contributed by atoms with E-state index in [0.717, 1.165) is 48.2 Å². The van der Waals surface area contributed by atoms with E-state index >= 15 is 0 Å². The van der Waals surface area contributed by atoms with Crippen LogP contribution in [-0.2, 0) is 0 Å². The first-order valence-electron chi connectivity index (χ1n) is 16.2. The monoisotopic (exact) mass is 522 g/mol. The molecular formula is C35H58N2O. The van der Waals surface area contributed by atoms with E-state index in [1.54, 1.807) is 0 Å². The Morgan fingerprint density at radius 2 is 1.63 bits per heavy atom. The Morgan fingerprint density at radius 3 is 2.34 bits per heavy atom. The zero-order chi connectivity index (χ0) is 27.5. The van der Waals surface area contributed by atoms with E-state index in [2.05, 4.69) is 53.7 Å². The third-order valence-corrected chi connectivity index (χ3v) is 11.5. The lowest BCUT2D eigenvalue weighted by molar-refractivity contribution is -0.0782. The molecular weight excluding hydrogens is 464 g/mol. The zero-order valence-corrected chi connectivity index (χ0v) is 25.5. The summed E-state index contributed by atoms with van der Waals surface area (Å²) in [5, 5.41) is 0. The van der Waals surface area contributed by atoms with E-state index in [9.17, 15) is 0 Å². The summed E-state index contributed by atoms with van der Waals surface area (Å²) in [6.45, 7) is 14.5. The number of ether oxygens (including phenoxy) is 1. The number of nitrogen functional groups attached to an aromatic ring is 2. The van der Waals surface area contributed by atoms with Gasteiger partial charge < -0.3 is 16.2 Å². The van der Waals surface area contributed by atoms with Gasteiger partial charge >= 0.3 is 0 Å². The second-order valence-electron chi connectivity index (χ2n) is 14.0. The van der Waals surface area contributed by atoms with Crippen LogP contribution < -0.4 is 16.2 Å². The molecule has 0 aromatic heterocycles. The molecule has 4 N–H and O–H groups in total. The van der Waals surface area contributed by atoms with Gasteiger partial charge in [0.05, 0.1) is 11.8 Å². The summed E-state index contributed by atoms with van der Waals surface area (Å²) in [7, 11) is 0. The second kappa shape index (κ2) is 12.3. The molecule has 0 bridgehead atoms. The number of hydrogen-bond acceptors (Lipinski definition) is 3. The van der Waals surface area contributed by atoms with E-state index in [1.165, 1.54) is 64.2 Å². The van der Waals surface area contributed by atoms with Crippen molar-refractivity contribution in [1.29, 1.82) is 0 Å². The highest BCUT2D eigenvalue weighted by Gasteiger charge is 2.59. The van der Waals surface area contributed by atoms with Crippen LogP contribution in [0.3, 0.4) is 0 Å². The lowest BCUT2D eigenvalue weighted by atomic mass is 9.46. The standard InChI is InChI=1S/C32H50N2O.C3H8/c1-5-6-7-8-21(2)26-12-13-27-25-11-9-22-19-24(35-30-14-10-23(33)20-29(30)34)15-17-31(22,3)28(25)16-18-32(26,27)4;1-3-2/h9-11,14,20-22,24-28H,5-8,12-13,15-19,33-34H2,1-4H3;3H2,1-2H3. The molecule has 38 heavy (non-hydrogen) atoms. The molecule has 3 saturated carbocycles. The summed E-state index contributed by atoms with van der Waals surface area (Å²) in [4.78, 5) is 0. The first kappa shape index (κ1) is 29.3. The van der Waals surface area contributed by atoms with Crippen LogP contribution >= 0.6 is 0 Å². The van der Waals surface area contributed by atoms with Crippen LogP contribution in [0, 0.1) is 46.3 Å². The molecule has 3 fully saturated rings. The second-order valence-corrected chi connectivity index (χ2v) is 14.0. The number of rotatable bonds is 7. The molecule has 0 amide bonds. The van der Waals surface area contributed by atoms with Gasteiger partial charge in [0.1, 0.15) is 5.75 Å². The van der Waals surface area contributed by atoms with Crippen molar-refractivity contribution >= 4 is 11.4 Å². The number of benzene rings is 1. The smallest absolute Gasteiger partial charge is 0.142 e. The fourth-order valence-electron chi connectivity index (χ4n) is 9.44. The van der Waals surface area contributed by atoms with Crippen LogP contribution in [0.15, 0.2) is 30.4 Å². The van der Waals surface area contributed by atoms with Gasteiger partial charge in [-0.05, 0) is 109 Å². The van der Waals surface area contributed by atoms with E-state index in [0.29, 0.717) is 28.1 Å². The molecule has 0 aliphatic heterocycles. The van der Waals surface area contributed by atoms with Crippen molar-refractivity contribution in [2.75, 3.05) is 11.5 Å². The van der Waals surface area contributed by atoms with E-state index in [4.69, 9.17) is 16.2 Å². The molecule has 5 rings (SSSR count). The van der Waals surface area contributed by atoms with Crippen LogP contribution in [0.1, 0.15) is 119 Å². The Hall–Kier alpha value is -1.64. The summed E-state index contributed by atoms with van der Waals surface area (Å²) < 4.78 is 6.42. The Bertz CT molecular complexity index is 942. The fourth-order valence-corrected chi connectivity index (χ4v) is 9.44. The van der Waals surface area contributed by atoms with Crippen molar-refractivity contribution in [3.8, 4) is 5.75 Å². The number of fused-ring (bicyclic) bond motifs is 5. The van der Waals surface area contributed by atoms with Crippen LogP contribution in [0.4, 0.5) is 11.4 Å². The minimum absolute atomic E-state index is 0.244. The van der Waals surface area contributed by atoms with Crippen molar-refractivity contribution in [2.24, 2.45) is 46.3 Å². The first-order valence-corrected chi connectivity index (χ1v) is 16.2. The molecule has 3 heteroatoms. The molecule has 0 saturated heterocycles. The van der Waals surface area contributed by atoms with Crippen molar-refractivity contribution in [2.45, 2.75) is 125 Å². The number of anilines is 2. The van der Waals surface area contributed by atoms with Gasteiger partial charge in [-0.2, -0.15) is 0 Å². The van der Waals surface area contributed by atoms with Gasteiger partial charge in [0.2, 0.25) is 0 Å². The predicted octanol–water partition coefficient (Wildman–Crippen LogP) is 9.67. The van der Waals surface area contributed by atoms with Gasteiger partial charge in [-0.15, -0.1) is 0 Å². The maximum absolute atomic E-state index is 6.42. The number of allylic oxidation sites excluding steroid dienone is 2. The Balaban J connectivity index is 0.00000107. The summed E-state index contributed by atoms with van der Waals surface area (Å²) in [6, 6.07) is 5.64. The highest BCUT2D eigenvalue weighted by Crippen LogP contribution is 2.67. The van der Waals surface area contributed by atoms with E-state index in [-0.39, 0.29) is 6.10 Å². The summed E-state index contributed by atoms with van der Waals surface area (Å²) >= 11 is 0. The van der Waals surface area contributed by atoms with Crippen LogP contribution in [0.25, 0.3) is 0 Å². The minimum Gasteiger partial charge on any atom is -0.488 e. The fraction of sp³-hybridized carbons (Fsp3) is 0.771. The largest absolute Gasteiger partial charge is 0.488 e. The Labute approximate surface area is 234 Å². The van der Waals surface area contributed by atoms with Gasteiger partial charge in [-0.25, -0.2) is 0 Å². The van der Waals surface area contributed by atoms with Crippen molar-refractivity contribution < 1.29 is 4.74 Å². The third kappa shape index (κ3) is 5.64. The van der Waals surface area contributed by atoms with Gasteiger partial charge in [0, 0.05) is 5.69 Å². The quantitative estimate of drug-likeness (QED) is 0.213. The summed E-state index contributed by atoms with van der Waals surface area (Å²) in [6.07, 6.45) is 21.7. The van der Waals surface area contributed by atoms with E-state index in [1.807, 2.05) is 18.2 Å². The normalized spacial score (nSPS) is 38.3. The molecule has 1 aromatic carbocycles. The highest BCUT2D eigenvalue weighted by atomic mass is 16.5. The molecule has 4 aliphatic rings. The number of hydrogen-bond donors (Lipinski definition) is 2. The Morgan fingerprint density at radius 1 is 0.921 bits per heavy atom. The summed E-state index contributed by atoms with van der Waals surface area (Å²) in [5.74, 6) is 5.74. The number of nitrogens with two attached hydrogens (primary N) is 2.